The molecule has 0 spiro atoms. The van der Waals surface area contributed by atoms with E-state index >= 15 is 0 Å². The first kappa shape index (κ1) is 12.3. The smallest absolute Gasteiger partial charge is 0.0386 e. The van der Waals surface area contributed by atoms with Crippen LogP contribution in [0.4, 0.5) is 11.4 Å². The Balaban J connectivity index is 1.96. The fourth-order valence-electron chi connectivity index (χ4n) is 2.22. The third-order valence-electron chi connectivity index (χ3n) is 3.67. The van der Waals surface area contributed by atoms with E-state index < -0.39 is 0 Å². The molecule has 2 heteroatoms. The molecule has 0 radical (unpaired) electrons. The summed E-state index contributed by atoms with van der Waals surface area (Å²) in [7, 11) is 0. The summed E-state index contributed by atoms with van der Waals surface area (Å²) in [5, 5.41) is 3.53. The molecule has 1 N–H and O–H groups in total. The minimum absolute atomic E-state index is 0.741. The Hall–Kier alpha value is -1.18. The van der Waals surface area contributed by atoms with Crippen LogP contribution >= 0.6 is 0 Å². The number of benzene rings is 1. The zero-order chi connectivity index (χ0) is 12.1. The predicted octanol–water partition coefficient (Wildman–Crippen LogP) is 3.74. The van der Waals surface area contributed by atoms with E-state index in [0.717, 1.165) is 12.5 Å². The van der Waals surface area contributed by atoms with Crippen molar-refractivity contribution in [3.05, 3.63) is 24.3 Å². The Morgan fingerprint density at radius 1 is 1.29 bits per heavy atom. The summed E-state index contributed by atoms with van der Waals surface area (Å²) in [5.41, 5.74) is 2.63. The van der Waals surface area contributed by atoms with Crippen molar-refractivity contribution in [1.29, 1.82) is 0 Å². The number of nitrogens with zero attached hydrogens (tertiary/aromatic N) is 1. The van der Waals surface area contributed by atoms with E-state index in [9.17, 15) is 0 Å². The number of hydrogen-bond donors (Lipinski definition) is 1. The van der Waals surface area contributed by atoms with E-state index in [1.165, 1.54) is 43.7 Å². The zero-order valence-electron chi connectivity index (χ0n) is 11.1. The Bertz CT molecular complexity index is 343. The van der Waals surface area contributed by atoms with Gasteiger partial charge < -0.3 is 10.2 Å². The molecule has 1 fully saturated rings. The summed E-state index contributed by atoms with van der Waals surface area (Å²) in [6.07, 6.45) is 3.91. The Morgan fingerprint density at radius 3 is 2.76 bits per heavy atom. The summed E-state index contributed by atoms with van der Waals surface area (Å²) >= 11 is 0. The normalized spacial score (nSPS) is 17.2. The molecule has 0 aliphatic carbocycles. The molecule has 1 atom stereocenters. The molecular weight excluding hydrogens is 208 g/mol. The van der Waals surface area contributed by atoms with Crippen molar-refractivity contribution in [3.8, 4) is 0 Å². The molecule has 1 heterocycles. The Morgan fingerprint density at radius 2 is 2.06 bits per heavy atom. The van der Waals surface area contributed by atoms with Gasteiger partial charge in [-0.05, 0) is 37.0 Å². The zero-order valence-corrected chi connectivity index (χ0v) is 11.1. The van der Waals surface area contributed by atoms with E-state index in [1.807, 2.05) is 0 Å². The molecule has 1 saturated heterocycles. The van der Waals surface area contributed by atoms with Crippen molar-refractivity contribution < 1.29 is 0 Å². The third-order valence-corrected chi connectivity index (χ3v) is 3.67. The van der Waals surface area contributed by atoms with Gasteiger partial charge in [0.1, 0.15) is 0 Å². The molecule has 2 nitrogen and oxygen atoms in total. The fraction of sp³-hybridized carbons (Fsp3) is 0.600. The van der Waals surface area contributed by atoms with Gasteiger partial charge in [0.15, 0.2) is 0 Å². The molecule has 1 aliphatic heterocycles. The van der Waals surface area contributed by atoms with Crippen LogP contribution in [0.5, 0.6) is 0 Å². The molecule has 0 amide bonds. The van der Waals surface area contributed by atoms with Gasteiger partial charge in [-0.15, -0.1) is 0 Å². The lowest BCUT2D eigenvalue weighted by atomic mass is 10.1. The standard InChI is InChI=1S/C15H24N2/c1-3-13(2)12-16-14-7-6-8-15(11-14)17-9-4-5-10-17/h6-8,11,13,16H,3-5,9-10,12H2,1-2H3. The summed E-state index contributed by atoms with van der Waals surface area (Å²) in [6, 6.07) is 8.84. The lowest BCUT2D eigenvalue weighted by Gasteiger charge is -2.19. The number of nitrogens with one attached hydrogen (secondary N) is 1. The minimum Gasteiger partial charge on any atom is -0.385 e. The molecule has 0 saturated carbocycles. The summed E-state index contributed by atoms with van der Waals surface area (Å²) in [6.45, 7) is 8.04. The molecule has 17 heavy (non-hydrogen) atoms. The maximum atomic E-state index is 3.53. The van der Waals surface area contributed by atoms with Crippen LogP contribution in [0.25, 0.3) is 0 Å². The molecule has 94 valence electrons. The number of anilines is 2. The monoisotopic (exact) mass is 232 g/mol. The van der Waals surface area contributed by atoms with Crippen molar-refractivity contribution in [1.82, 2.24) is 0 Å². The van der Waals surface area contributed by atoms with Crippen LogP contribution in [-0.4, -0.2) is 19.6 Å². The first-order valence-electron chi connectivity index (χ1n) is 6.88. The van der Waals surface area contributed by atoms with Gasteiger partial charge in [-0.25, -0.2) is 0 Å². The summed E-state index contributed by atoms with van der Waals surface area (Å²) in [5.74, 6) is 0.741. The first-order chi connectivity index (χ1) is 8.29. The maximum absolute atomic E-state index is 3.53. The van der Waals surface area contributed by atoms with E-state index in [1.54, 1.807) is 0 Å². The second-order valence-corrected chi connectivity index (χ2v) is 5.14. The van der Waals surface area contributed by atoms with Crippen molar-refractivity contribution in [2.45, 2.75) is 33.1 Å². The highest BCUT2D eigenvalue weighted by Gasteiger charge is 2.12. The second kappa shape index (κ2) is 5.95. The third kappa shape index (κ3) is 3.39. The molecule has 1 aliphatic rings. The van der Waals surface area contributed by atoms with Gasteiger partial charge in [0, 0.05) is 31.0 Å². The fourth-order valence-corrected chi connectivity index (χ4v) is 2.22. The minimum atomic E-state index is 0.741. The lowest BCUT2D eigenvalue weighted by molar-refractivity contribution is 0.593. The van der Waals surface area contributed by atoms with E-state index in [2.05, 4.69) is 48.3 Å². The van der Waals surface area contributed by atoms with Crippen LogP contribution in [-0.2, 0) is 0 Å². The largest absolute Gasteiger partial charge is 0.385 e. The van der Waals surface area contributed by atoms with Crippen molar-refractivity contribution in [2.75, 3.05) is 29.9 Å². The van der Waals surface area contributed by atoms with Crippen molar-refractivity contribution >= 4 is 11.4 Å². The second-order valence-electron chi connectivity index (χ2n) is 5.14. The van der Waals surface area contributed by atoms with Gasteiger partial charge in [0.25, 0.3) is 0 Å². The van der Waals surface area contributed by atoms with Gasteiger partial charge in [-0.3, -0.25) is 0 Å². The van der Waals surface area contributed by atoms with Crippen molar-refractivity contribution in [3.63, 3.8) is 0 Å². The molecule has 2 rings (SSSR count). The summed E-state index contributed by atoms with van der Waals surface area (Å²) < 4.78 is 0. The van der Waals surface area contributed by atoms with Gasteiger partial charge in [0.05, 0.1) is 0 Å². The average Bonchev–Trinajstić information content (AvgIpc) is 2.90. The van der Waals surface area contributed by atoms with Crippen molar-refractivity contribution in [2.24, 2.45) is 5.92 Å². The van der Waals surface area contributed by atoms with E-state index in [0.29, 0.717) is 0 Å². The van der Waals surface area contributed by atoms with Crippen LogP contribution in [0.2, 0.25) is 0 Å². The Labute approximate surface area is 105 Å². The van der Waals surface area contributed by atoms with E-state index in [-0.39, 0.29) is 0 Å². The average molecular weight is 232 g/mol. The molecule has 1 unspecified atom stereocenters. The summed E-state index contributed by atoms with van der Waals surface area (Å²) in [4.78, 5) is 2.48. The highest BCUT2D eigenvalue weighted by Crippen LogP contribution is 2.23. The van der Waals surface area contributed by atoms with Crippen LogP contribution in [0.15, 0.2) is 24.3 Å². The quantitative estimate of drug-likeness (QED) is 0.832. The SMILES string of the molecule is CCC(C)CNc1cccc(N2CCCC2)c1. The maximum Gasteiger partial charge on any atom is 0.0386 e. The van der Waals surface area contributed by atoms with Gasteiger partial charge in [-0.2, -0.15) is 0 Å². The molecule has 1 aromatic carbocycles. The van der Waals surface area contributed by atoms with Gasteiger partial charge in [0.2, 0.25) is 0 Å². The van der Waals surface area contributed by atoms with Crippen LogP contribution in [0, 0.1) is 5.92 Å². The van der Waals surface area contributed by atoms with Crippen LogP contribution in [0.1, 0.15) is 33.1 Å². The van der Waals surface area contributed by atoms with Gasteiger partial charge >= 0.3 is 0 Å². The molecule has 0 bridgehead atoms. The number of rotatable bonds is 5. The first-order valence-corrected chi connectivity index (χ1v) is 6.88. The van der Waals surface area contributed by atoms with Crippen LogP contribution < -0.4 is 10.2 Å². The molecule has 1 aromatic rings. The van der Waals surface area contributed by atoms with Crippen LogP contribution in [0.3, 0.4) is 0 Å². The Kier molecular flexibility index (Phi) is 4.29. The predicted molar refractivity (Wildman–Crippen MR) is 75.8 cm³/mol. The lowest BCUT2D eigenvalue weighted by Crippen LogP contribution is -2.18. The van der Waals surface area contributed by atoms with Gasteiger partial charge in [-0.1, -0.05) is 26.3 Å². The highest BCUT2D eigenvalue weighted by atomic mass is 15.1. The van der Waals surface area contributed by atoms with E-state index in [4.69, 9.17) is 0 Å². The topological polar surface area (TPSA) is 15.3 Å². The highest BCUT2D eigenvalue weighted by molar-refractivity contribution is 5.58. The molecular formula is C15H24N2. The molecule has 0 aromatic heterocycles. The number of hydrogen-bond acceptors (Lipinski definition) is 2.